The summed E-state index contributed by atoms with van der Waals surface area (Å²) in [7, 11) is 1.76. The van der Waals surface area contributed by atoms with Gasteiger partial charge in [-0.05, 0) is 35.0 Å². The third-order valence-electron chi connectivity index (χ3n) is 2.95. The van der Waals surface area contributed by atoms with Crippen molar-refractivity contribution in [1.29, 1.82) is 0 Å². The average molecular weight is 367 g/mol. The van der Waals surface area contributed by atoms with E-state index in [9.17, 15) is 13.2 Å². The molecule has 10 heteroatoms. The van der Waals surface area contributed by atoms with Gasteiger partial charge in [0.05, 0.1) is 5.56 Å². The summed E-state index contributed by atoms with van der Waals surface area (Å²) in [5.74, 6) is 0.794. The van der Waals surface area contributed by atoms with Gasteiger partial charge in [0, 0.05) is 19.3 Å². The average Bonchev–Trinajstić information content (AvgIpc) is 2.87. The molecule has 0 aliphatic rings. The Kier molecular flexibility index (Phi) is 7.80. The molecule has 0 radical (unpaired) electrons. The molecule has 1 aromatic heterocycles. The van der Waals surface area contributed by atoms with Crippen molar-refractivity contribution in [3.8, 4) is 0 Å². The van der Waals surface area contributed by atoms with Crippen LogP contribution in [0.15, 0.2) is 29.4 Å². The minimum absolute atomic E-state index is 0. The van der Waals surface area contributed by atoms with E-state index in [0.29, 0.717) is 6.54 Å². The summed E-state index contributed by atoms with van der Waals surface area (Å²) in [5.41, 5.74) is -0.317. The molecule has 0 amide bonds. The highest BCUT2D eigenvalue weighted by atomic mass is 35.5. The van der Waals surface area contributed by atoms with E-state index in [-0.39, 0.29) is 24.5 Å². The summed E-state index contributed by atoms with van der Waals surface area (Å²) >= 11 is 1.51. The lowest BCUT2D eigenvalue weighted by Gasteiger charge is -2.13. The lowest BCUT2D eigenvalue weighted by molar-refractivity contribution is -0.138. The second kappa shape index (κ2) is 9.09. The summed E-state index contributed by atoms with van der Waals surface area (Å²) < 4.78 is 40.0. The van der Waals surface area contributed by atoms with Crippen molar-refractivity contribution >= 4 is 11.8 Å². The molecule has 0 saturated carbocycles. The molecular formula is C13H16ClF3N5S-. The highest BCUT2D eigenvalue weighted by molar-refractivity contribution is 7.99. The van der Waals surface area contributed by atoms with Gasteiger partial charge in [-0.1, -0.05) is 30.0 Å². The first-order valence-electron chi connectivity index (χ1n) is 6.69. The van der Waals surface area contributed by atoms with Gasteiger partial charge in [0.25, 0.3) is 0 Å². The number of aromatic nitrogens is 4. The summed E-state index contributed by atoms with van der Waals surface area (Å²) in [6.45, 7) is 0.830. The van der Waals surface area contributed by atoms with E-state index in [4.69, 9.17) is 0 Å². The number of rotatable bonds is 7. The maximum Gasteiger partial charge on any atom is 0.416 e. The van der Waals surface area contributed by atoms with Gasteiger partial charge in [-0.2, -0.15) is 13.2 Å². The molecule has 0 aliphatic carbocycles. The summed E-state index contributed by atoms with van der Waals surface area (Å²) in [6.07, 6.45) is -3.50. The first kappa shape index (κ1) is 19.7. The Morgan fingerprint density at radius 3 is 2.65 bits per heavy atom. The third-order valence-corrected chi connectivity index (χ3v) is 4.05. The van der Waals surface area contributed by atoms with E-state index in [0.717, 1.165) is 23.4 Å². The molecule has 0 saturated heterocycles. The van der Waals surface area contributed by atoms with Gasteiger partial charge in [-0.25, -0.2) is 4.68 Å². The Labute approximate surface area is 142 Å². The Morgan fingerprint density at radius 1 is 1.26 bits per heavy atom. The smallest absolute Gasteiger partial charge is 0.416 e. The van der Waals surface area contributed by atoms with Crippen molar-refractivity contribution in [1.82, 2.24) is 25.5 Å². The van der Waals surface area contributed by atoms with Crippen molar-refractivity contribution in [3.05, 3.63) is 35.4 Å². The highest BCUT2D eigenvalue weighted by Gasteiger charge is 2.32. The molecular weight excluding hydrogens is 351 g/mol. The van der Waals surface area contributed by atoms with Crippen LogP contribution in [0.4, 0.5) is 13.2 Å². The lowest BCUT2D eigenvalue weighted by atomic mass is 10.1. The SMILES string of the molecule is Cn1nnnc1SCCCNCc1ccccc1C(F)(F)F.[Cl-]. The number of aryl methyl sites for hydroxylation is 1. The Balaban J connectivity index is 0.00000264. The first-order valence-corrected chi connectivity index (χ1v) is 7.68. The normalized spacial score (nSPS) is 11.3. The van der Waals surface area contributed by atoms with Crippen LogP contribution in [-0.2, 0) is 19.8 Å². The molecule has 1 N–H and O–H groups in total. The molecule has 5 nitrogen and oxygen atoms in total. The zero-order valence-electron chi connectivity index (χ0n) is 12.3. The van der Waals surface area contributed by atoms with E-state index < -0.39 is 11.7 Å². The summed E-state index contributed by atoms with van der Waals surface area (Å²) in [6, 6.07) is 5.62. The fourth-order valence-corrected chi connectivity index (χ4v) is 2.67. The predicted octanol–water partition coefficient (Wildman–Crippen LogP) is -0.495. The largest absolute Gasteiger partial charge is 1.00 e. The second-order valence-corrected chi connectivity index (χ2v) is 5.68. The van der Waals surface area contributed by atoms with Crippen molar-refractivity contribution in [3.63, 3.8) is 0 Å². The number of tetrazole rings is 1. The molecule has 2 rings (SSSR count). The number of thioether (sulfide) groups is 1. The minimum Gasteiger partial charge on any atom is -1.00 e. The number of nitrogens with one attached hydrogen (secondary N) is 1. The molecule has 0 unspecified atom stereocenters. The van der Waals surface area contributed by atoms with Gasteiger partial charge in [0.15, 0.2) is 0 Å². The number of hydrogen-bond donors (Lipinski definition) is 1. The number of alkyl halides is 3. The van der Waals surface area contributed by atoms with Crippen molar-refractivity contribution in [2.75, 3.05) is 12.3 Å². The number of benzene rings is 1. The summed E-state index contributed by atoms with van der Waals surface area (Å²) in [4.78, 5) is 0. The highest BCUT2D eigenvalue weighted by Crippen LogP contribution is 2.31. The fraction of sp³-hybridized carbons (Fsp3) is 0.462. The Morgan fingerprint density at radius 2 is 2.00 bits per heavy atom. The minimum atomic E-state index is -4.31. The van der Waals surface area contributed by atoms with Crippen molar-refractivity contribution < 1.29 is 25.6 Å². The van der Waals surface area contributed by atoms with Gasteiger partial charge < -0.3 is 17.7 Å². The van der Waals surface area contributed by atoms with Gasteiger partial charge in [-0.3, -0.25) is 0 Å². The van der Waals surface area contributed by atoms with Crippen LogP contribution in [-0.4, -0.2) is 32.5 Å². The molecule has 0 bridgehead atoms. The number of nitrogens with zero attached hydrogens (tertiary/aromatic N) is 4. The summed E-state index contributed by atoms with van der Waals surface area (Å²) in [5, 5.41) is 14.8. The molecule has 128 valence electrons. The van der Waals surface area contributed by atoms with E-state index >= 15 is 0 Å². The van der Waals surface area contributed by atoms with Crippen LogP contribution in [0.3, 0.4) is 0 Å². The zero-order chi connectivity index (χ0) is 16.0. The van der Waals surface area contributed by atoms with Crippen LogP contribution >= 0.6 is 11.8 Å². The number of halogens is 4. The molecule has 0 fully saturated rings. The third kappa shape index (κ3) is 6.00. The quantitative estimate of drug-likeness (QED) is 0.529. The molecule has 23 heavy (non-hydrogen) atoms. The topological polar surface area (TPSA) is 55.6 Å². The van der Waals surface area contributed by atoms with Gasteiger partial charge >= 0.3 is 6.18 Å². The van der Waals surface area contributed by atoms with Crippen LogP contribution in [0.25, 0.3) is 0 Å². The van der Waals surface area contributed by atoms with Crippen LogP contribution in [0.1, 0.15) is 17.5 Å². The van der Waals surface area contributed by atoms with Gasteiger partial charge in [0.1, 0.15) is 0 Å². The van der Waals surface area contributed by atoms with Gasteiger partial charge in [0.2, 0.25) is 5.16 Å². The monoisotopic (exact) mass is 366 g/mol. The van der Waals surface area contributed by atoms with Gasteiger partial charge in [-0.15, -0.1) is 5.10 Å². The first-order chi connectivity index (χ1) is 10.5. The molecule has 0 spiro atoms. The predicted molar refractivity (Wildman–Crippen MR) is 77.3 cm³/mol. The van der Waals surface area contributed by atoms with Crippen LogP contribution in [0.2, 0.25) is 0 Å². The maximum atomic E-state index is 12.8. The van der Waals surface area contributed by atoms with Crippen molar-refractivity contribution in [2.45, 2.75) is 24.3 Å². The van der Waals surface area contributed by atoms with E-state index in [1.54, 1.807) is 17.8 Å². The van der Waals surface area contributed by atoms with E-state index in [1.165, 1.54) is 23.9 Å². The van der Waals surface area contributed by atoms with Crippen LogP contribution in [0.5, 0.6) is 0 Å². The van der Waals surface area contributed by atoms with Crippen molar-refractivity contribution in [2.24, 2.45) is 7.05 Å². The molecule has 1 aromatic carbocycles. The maximum absolute atomic E-state index is 12.8. The standard InChI is InChI=1S/C13H16F3N5S.ClH/c1-21-12(18-19-20-21)22-8-4-7-17-9-10-5-2-3-6-11(10)13(14,15)16;/h2-3,5-6,17H,4,7-9H2,1H3;1H/p-1. The van der Waals surface area contributed by atoms with Crippen LogP contribution in [0, 0.1) is 0 Å². The van der Waals surface area contributed by atoms with E-state index in [1.807, 2.05) is 0 Å². The lowest BCUT2D eigenvalue weighted by Crippen LogP contribution is -3.00. The zero-order valence-corrected chi connectivity index (χ0v) is 13.9. The van der Waals surface area contributed by atoms with Crippen LogP contribution < -0.4 is 17.7 Å². The molecule has 0 aliphatic heterocycles. The number of hydrogen-bond acceptors (Lipinski definition) is 5. The van der Waals surface area contributed by atoms with E-state index in [2.05, 4.69) is 20.8 Å². The Hall–Kier alpha value is -1.32. The molecule has 0 atom stereocenters. The molecule has 2 aromatic rings. The Bertz CT molecular complexity index is 605. The molecule has 1 heterocycles. The fourth-order valence-electron chi connectivity index (χ4n) is 1.88. The second-order valence-electron chi connectivity index (χ2n) is 4.62.